The van der Waals surface area contributed by atoms with Crippen LogP contribution in [0, 0.1) is 19.3 Å². The molecular formula is C24H24N4O5S2. The van der Waals surface area contributed by atoms with Crippen molar-refractivity contribution in [2.75, 3.05) is 19.0 Å². The Balaban J connectivity index is 1.40. The second kappa shape index (κ2) is 10.0. The van der Waals surface area contributed by atoms with E-state index in [4.69, 9.17) is 14.9 Å². The highest BCUT2D eigenvalue weighted by Gasteiger charge is 2.42. The third-order valence-corrected chi connectivity index (χ3v) is 7.69. The molecule has 0 aliphatic carbocycles. The maximum Gasteiger partial charge on any atom is 0.283 e. The fourth-order valence-electron chi connectivity index (χ4n) is 3.43. The highest BCUT2D eigenvalue weighted by atomic mass is 32.2. The van der Waals surface area contributed by atoms with E-state index in [1.165, 1.54) is 18.6 Å². The van der Waals surface area contributed by atoms with Crippen LogP contribution in [-0.4, -0.2) is 54.4 Å². The number of benzene rings is 2. The van der Waals surface area contributed by atoms with Crippen LogP contribution in [0.1, 0.15) is 23.6 Å². The Kier molecular flexibility index (Phi) is 7.08. The number of nitrogens with zero attached hydrogens (tertiary/aromatic N) is 3. The molecule has 0 unspecified atom stereocenters. The number of aryl methyl sites for hydroxylation is 2. The molecule has 9 nitrogen and oxygen atoms in total. The first-order chi connectivity index (χ1) is 16.7. The van der Waals surface area contributed by atoms with Gasteiger partial charge in [0.2, 0.25) is 20.2 Å². The van der Waals surface area contributed by atoms with E-state index >= 15 is 0 Å². The van der Waals surface area contributed by atoms with E-state index in [1.54, 1.807) is 24.3 Å². The average molecular weight is 513 g/mol. The Morgan fingerprint density at radius 3 is 2.49 bits per heavy atom. The van der Waals surface area contributed by atoms with Crippen molar-refractivity contribution in [1.29, 1.82) is 5.41 Å². The molecule has 0 saturated carbocycles. The van der Waals surface area contributed by atoms with Crippen LogP contribution in [0.3, 0.4) is 0 Å². The fourth-order valence-corrected chi connectivity index (χ4v) is 5.39. The van der Waals surface area contributed by atoms with Crippen LogP contribution in [0.25, 0.3) is 6.08 Å². The van der Waals surface area contributed by atoms with Crippen molar-refractivity contribution in [3.63, 3.8) is 0 Å². The molecule has 0 spiro atoms. The molecule has 1 N–H and O–H groups in total. The number of fused-ring (bicyclic) bond motifs is 1. The van der Waals surface area contributed by atoms with E-state index in [9.17, 15) is 13.2 Å². The molecule has 2 aliphatic rings. The lowest BCUT2D eigenvalue weighted by atomic mass is 10.1. The summed E-state index contributed by atoms with van der Waals surface area (Å²) in [6, 6.07) is 13.0. The molecule has 11 heteroatoms. The number of aliphatic imine (C=N–C) groups is 1. The highest BCUT2D eigenvalue weighted by Crippen LogP contribution is 2.30. The molecule has 0 bridgehead atoms. The van der Waals surface area contributed by atoms with Gasteiger partial charge in [0, 0.05) is 0 Å². The largest absolute Gasteiger partial charge is 0.490 e. The summed E-state index contributed by atoms with van der Waals surface area (Å²) in [4.78, 5) is 17.5. The van der Waals surface area contributed by atoms with Crippen LogP contribution in [0.4, 0.5) is 0 Å². The Bertz CT molecular complexity index is 1380. The number of hydrogen-bond acceptors (Lipinski definition) is 8. The number of sulfone groups is 1. The summed E-state index contributed by atoms with van der Waals surface area (Å²) in [6.07, 6.45) is 1.50. The summed E-state index contributed by atoms with van der Waals surface area (Å²) < 4.78 is 40.1. The van der Waals surface area contributed by atoms with Crippen molar-refractivity contribution in [2.45, 2.75) is 20.8 Å². The van der Waals surface area contributed by atoms with Gasteiger partial charge < -0.3 is 9.47 Å². The van der Waals surface area contributed by atoms with Gasteiger partial charge in [0.25, 0.3) is 5.91 Å². The van der Waals surface area contributed by atoms with Crippen LogP contribution >= 0.6 is 11.9 Å². The first kappa shape index (κ1) is 24.7. The van der Waals surface area contributed by atoms with Gasteiger partial charge in [0.05, 0.1) is 23.3 Å². The van der Waals surface area contributed by atoms with Gasteiger partial charge in [-0.05, 0) is 49.2 Å². The third kappa shape index (κ3) is 5.30. The van der Waals surface area contributed by atoms with Crippen LogP contribution in [-0.2, 0) is 14.6 Å². The minimum atomic E-state index is -3.69. The molecule has 0 saturated heterocycles. The minimum absolute atomic E-state index is 0.0224. The number of nitrogens with one attached hydrogen (secondary N) is 1. The maximum absolute atomic E-state index is 12.5. The summed E-state index contributed by atoms with van der Waals surface area (Å²) in [6.45, 7) is 6.27. The number of amides is 1. The molecule has 0 atom stereocenters. The molecule has 2 aromatic rings. The number of amidine groups is 3. The van der Waals surface area contributed by atoms with Crippen LogP contribution in [0.2, 0.25) is 0 Å². The summed E-state index contributed by atoms with van der Waals surface area (Å²) in [5.74, 6) is 0.379. The summed E-state index contributed by atoms with van der Waals surface area (Å²) >= 11 is 0.773. The molecule has 0 aromatic heterocycles. The Morgan fingerprint density at radius 2 is 1.80 bits per heavy atom. The second-order valence-corrected chi connectivity index (χ2v) is 10.7. The molecule has 182 valence electrons. The van der Waals surface area contributed by atoms with Gasteiger partial charge in [0.15, 0.2) is 0 Å². The SMILES string of the molecule is CCS(=O)(=O)C1=NSC2=NC(=O)/C(=C\c3ccc(OCCOc4ccc(C)cc4C)cc3)C(=N)N21. The van der Waals surface area contributed by atoms with Crippen molar-refractivity contribution >= 4 is 49.9 Å². The zero-order chi connectivity index (χ0) is 25.2. The lowest BCUT2D eigenvalue weighted by Gasteiger charge is -2.24. The normalized spacial score (nSPS) is 16.8. The summed E-state index contributed by atoms with van der Waals surface area (Å²) in [7, 11) is -3.69. The van der Waals surface area contributed by atoms with Crippen molar-refractivity contribution in [2.24, 2.45) is 9.39 Å². The van der Waals surface area contributed by atoms with E-state index in [-0.39, 0.29) is 27.5 Å². The lowest BCUT2D eigenvalue weighted by molar-refractivity contribution is -0.114. The minimum Gasteiger partial charge on any atom is -0.490 e. The molecule has 35 heavy (non-hydrogen) atoms. The number of rotatable bonds is 7. The zero-order valence-corrected chi connectivity index (χ0v) is 21.1. The zero-order valence-electron chi connectivity index (χ0n) is 19.4. The van der Waals surface area contributed by atoms with Gasteiger partial charge in [-0.3, -0.25) is 10.2 Å². The molecule has 0 radical (unpaired) electrons. The maximum atomic E-state index is 12.5. The van der Waals surface area contributed by atoms with E-state index in [2.05, 4.69) is 15.5 Å². The highest BCUT2D eigenvalue weighted by molar-refractivity contribution is 8.16. The number of hydrogen-bond donors (Lipinski definition) is 1. The quantitative estimate of drug-likeness (QED) is 0.340. The molecule has 2 aromatic carbocycles. The van der Waals surface area contributed by atoms with Crippen molar-refractivity contribution in [3.8, 4) is 11.5 Å². The van der Waals surface area contributed by atoms with Gasteiger partial charge in [0.1, 0.15) is 30.5 Å². The smallest absolute Gasteiger partial charge is 0.283 e. The van der Waals surface area contributed by atoms with Crippen molar-refractivity contribution < 1.29 is 22.7 Å². The molecule has 1 amide bonds. The van der Waals surface area contributed by atoms with E-state index in [0.717, 1.165) is 28.2 Å². The number of ether oxygens (including phenoxy) is 2. The third-order valence-electron chi connectivity index (χ3n) is 5.28. The second-order valence-electron chi connectivity index (χ2n) is 7.85. The standard InChI is InChI=1S/C24H24N4O5S2/c1-4-35(30,31)24-27-34-23-26-22(29)19(21(25)28(23)24)14-17-6-8-18(9-7-17)32-11-12-33-20-10-5-15(2)13-16(20)3/h5-10,13-14,25H,4,11-12H2,1-3H3/b19-14-,25-21?. The van der Waals surface area contributed by atoms with E-state index in [1.807, 2.05) is 26.0 Å². The van der Waals surface area contributed by atoms with Gasteiger partial charge in [-0.2, -0.15) is 9.39 Å². The van der Waals surface area contributed by atoms with Crippen LogP contribution in [0.15, 0.2) is 57.4 Å². The van der Waals surface area contributed by atoms with Crippen LogP contribution < -0.4 is 9.47 Å². The monoisotopic (exact) mass is 512 g/mol. The first-order valence-electron chi connectivity index (χ1n) is 10.8. The van der Waals surface area contributed by atoms with Crippen LogP contribution in [0.5, 0.6) is 11.5 Å². The Morgan fingerprint density at radius 1 is 1.09 bits per heavy atom. The van der Waals surface area contributed by atoms with Gasteiger partial charge >= 0.3 is 0 Å². The molecule has 0 fully saturated rings. The van der Waals surface area contributed by atoms with E-state index < -0.39 is 15.7 Å². The Hall–Kier alpha value is -3.44. The number of carbonyl (C=O) groups excluding carboxylic acids is 1. The predicted molar refractivity (Wildman–Crippen MR) is 138 cm³/mol. The van der Waals surface area contributed by atoms with E-state index in [0.29, 0.717) is 24.5 Å². The van der Waals surface area contributed by atoms with Gasteiger partial charge in [-0.1, -0.05) is 36.8 Å². The molecule has 4 rings (SSSR count). The Labute approximate surface area is 208 Å². The molecule has 2 heterocycles. The van der Waals surface area contributed by atoms with Crippen molar-refractivity contribution in [1.82, 2.24) is 4.90 Å². The topological polar surface area (TPSA) is 121 Å². The predicted octanol–water partition coefficient (Wildman–Crippen LogP) is 3.77. The first-order valence-corrected chi connectivity index (χ1v) is 13.3. The average Bonchev–Trinajstić information content (AvgIpc) is 3.26. The summed E-state index contributed by atoms with van der Waals surface area (Å²) in [5, 5.41) is 8.24. The molecule has 2 aliphatic heterocycles. The summed E-state index contributed by atoms with van der Waals surface area (Å²) in [5.41, 5.74) is 2.86. The number of carbonyl (C=O) groups is 1. The lowest BCUT2D eigenvalue weighted by Crippen LogP contribution is -2.45. The molecular weight excluding hydrogens is 488 g/mol. The van der Waals surface area contributed by atoms with Gasteiger partial charge in [-0.25, -0.2) is 13.3 Å². The van der Waals surface area contributed by atoms with Crippen molar-refractivity contribution in [3.05, 3.63) is 64.7 Å². The fraction of sp³-hybridized carbons (Fsp3) is 0.250. The van der Waals surface area contributed by atoms with Gasteiger partial charge in [-0.15, -0.1) is 0 Å².